The average molecular weight is 490 g/mol. The lowest BCUT2D eigenvalue weighted by atomic mass is 9.94. The quantitative estimate of drug-likeness (QED) is 0.203. The van der Waals surface area contributed by atoms with Crippen molar-refractivity contribution >= 4 is 6.08 Å². The summed E-state index contributed by atoms with van der Waals surface area (Å²) in [6.45, 7) is 2.84. The van der Waals surface area contributed by atoms with Crippen LogP contribution >= 0.6 is 0 Å². The molecule has 0 aliphatic rings. The van der Waals surface area contributed by atoms with Crippen LogP contribution in [0, 0.1) is 75.6 Å². The first-order chi connectivity index (χ1) is 15.3. The minimum atomic E-state index is -2.89. The van der Waals surface area contributed by atoms with Gasteiger partial charge in [0, 0.05) is 0 Å². The molecule has 0 aromatic heterocycles. The van der Waals surface area contributed by atoms with Crippen molar-refractivity contribution in [1.82, 2.24) is 0 Å². The molecular weight excluding hydrogens is 487 g/mol. The Morgan fingerprint density at radius 1 is 0.303 bits per heavy atom. The molecule has 0 saturated carbocycles. The van der Waals surface area contributed by atoms with Crippen LogP contribution in [0.5, 0.6) is 0 Å². The molecule has 0 nitrogen and oxygen atoms in total. The minimum absolute atomic E-state index is 0.265. The Morgan fingerprint density at radius 3 is 0.727 bits per heavy atom. The van der Waals surface area contributed by atoms with Gasteiger partial charge >= 0.3 is 0 Å². The molecule has 33 heavy (non-hydrogen) atoms. The molecule has 13 heteroatoms. The number of hydrogen-bond acceptors (Lipinski definition) is 0. The van der Waals surface area contributed by atoms with Crippen LogP contribution in [0.4, 0.5) is 57.1 Å². The van der Waals surface area contributed by atoms with Crippen LogP contribution in [-0.2, 0) is 0 Å². The van der Waals surface area contributed by atoms with Gasteiger partial charge in [0.15, 0.2) is 69.8 Å². The van der Waals surface area contributed by atoms with E-state index in [2.05, 4.69) is 6.58 Å². The van der Waals surface area contributed by atoms with Gasteiger partial charge in [-0.2, -0.15) is 0 Å². The molecular formula is C20H3F13. The summed E-state index contributed by atoms with van der Waals surface area (Å²) in [5.41, 5.74) is -11.1. The summed E-state index contributed by atoms with van der Waals surface area (Å²) >= 11 is 0. The van der Waals surface area contributed by atoms with Crippen molar-refractivity contribution in [2.75, 3.05) is 0 Å². The van der Waals surface area contributed by atoms with Crippen molar-refractivity contribution in [3.05, 3.63) is 87.8 Å². The highest BCUT2D eigenvalue weighted by atomic mass is 19.2. The predicted octanol–water partition coefficient (Wildman–Crippen LogP) is 7.47. The molecule has 3 aromatic rings. The first kappa shape index (κ1) is 24.1. The van der Waals surface area contributed by atoms with E-state index in [1.165, 1.54) is 0 Å². The molecule has 0 N–H and O–H groups in total. The highest BCUT2D eigenvalue weighted by Crippen LogP contribution is 2.42. The monoisotopic (exact) mass is 490 g/mol. The van der Waals surface area contributed by atoms with Crippen LogP contribution in [0.1, 0.15) is 5.56 Å². The summed E-state index contributed by atoms with van der Waals surface area (Å²) in [7, 11) is 0. The molecule has 3 rings (SSSR count). The maximum Gasteiger partial charge on any atom is 0.200 e. The van der Waals surface area contributed by atoms with Crippen molar-refractivity contribution in [1.29, 1.82) is 0 Å². The Balaban J connectivity index is 2.50. The van der Waals surface area contributed by atoms with E-state index in [1.54, 1.807) is 0 Å². The van der Waals surface area contributed by atoms with Crippen LogP contribution < -0.4 is 0 Å². The van der Waals surface area contributed by atoms with Gasteiger partial charge in [0.25, 0.3) is 0 Å². The summed E-state index contributed by atoms with van der Waals surface area (Å²) < 4.78 is 182. The summed E-state index contributed by atoms with van der Waals surface area (Å²) in [5, 5.41) is 0. The van der Waals surface area contributed by atoms with Crippen molar-refractivity contribution in [2.45, 2.75) is 0 Å². The SMILES string of the molecule is C=Cc1c(F)c(F)c(-c2c(F)c(F)c(-c3c(F)c(F)c(F)c(F)c3F)c(F)c2F)c(F)c1F. The molecule has 0 aliphatic carbocycles. The van der Waals surface area contributed by atoms with Gasteiger partial charge in [0.1, 0.15) is 0 Å². The lowest BCUT2D eigenvalue weighted by Crippen LogP contribution is -2.11. The van der Waals surface area contributed by atoms with E-state index in [4.69, 9.17) is 0 Å². The molecule has 0 saturated heterocycles. The van der Waals surface area contributed by atoms with E-state index in [0.717, 1.165) is 0 Å². The molecule has 0 bridgehead atoms. The highest BCUT2D eigenvalue weighted by molar-refractivity contribution is 5.75. The van der Waals surface area contributed by atoms with E-state index in [9.17, 15) is 57.1 Å². The first-order valence-electron chi connectivity index (χ1n) is 8.15. The molecule has 0 spiro atoms. The highest BCUT2D eigenvalue weighted by Gasteiger charge is 2.37. The normalized spacial score (nSPS) is 11.3. The van der Waals surface area contributed by atoms with Gasteiger partial charge < -0.3 is 0 Å². The van der Waals surface area contributed by atoms with Crippen LogP contribution in [0.2, 0.25) is 0 Å². The molecule has 0 radical (unpaired) electrons. The Bertz CT molecular complexity index is 1270. The zero-order chi connectivity index (χ0) is 25.1. The Morgan fingerprint density at radius 2 is 0.485 bits per heavy atom. The van der Waals surface area contributed by atoms with Gasteiger partial charge in [-0.05, 0) is 0 Å². The van der Waals surface area contributed by atoms with Gasteiger partial charge in [-0.25, -0.2) is 57.1 Å². The molecule has 174 valence electrons. The van der Waals surface area contributed by atoms with Crippen molar-refractivity contribution < 1.29 is 57.1 Å². The zero-order valence-corrected chi connectivity index (χ0v) is 15.2. The Hall–Kier alpha value is -3.51. The topological polar surface area (TPSA) is 0 Å². The number of halogens is 13. The summed E-state index contributed by atoms with van der Waals surface area (Å²) in [6, 6.07) is 0. The standard InChI is InChI=1S/C20H3F13/c1-2-3-8(21)10(23)4(11(24)9(3)22)5-12(25)14(27)6(15(28)13(5)26)7-16(29)18(31)20(33)19(32)17(7)30/h2H,1H2. The molecule has 0 unspecified atom stereocenters. The maximum atomic E-state index is 14.5. The van der Waals surface area contributed by atoms with Crippen molar-refractivity contribution in [3.63, 3.8) is 0 Å². The predicted molar refractivity (Wildman–Crippen MR) is 86.9 cm³/mol. The molecule has 0 fully saturated rings. The van der Waals surface area contributed by atoms with Gasteiger partial charge in [-0.15, -0.1) is 0 Å². The van der Waals surface area contributed by atoms with Crippen LogP contribution in [0.3, 0.4) is 0 Å². The fourth-order valence-corrected chi connectivity index (χ4v) is 2.94. The second kappa shape index (κ2) is 8.12. The van der Waals surface area contributed by atoms with Gasteiger partial charge in [0.05, 0.1) is 27.8 Å². The fraction of sp³-hybridized carbons (Fsp3) is 0. The van der Waals surface area contributed by atoms with Gasteiger partial charge in [0.2, 0.25) is 5.82 Å². The van der Waals surface area contributed by atoms with E-state index in [-0.39, 0.29) is 6.08 Å². The lowest BCUT2D eigenvalue weighted by molar-refractivity contribution is 0.379. The molecule has 0 atom stereocenters. The Labute approximate surface area is 174 Å². The summed E-state index contributed by atoms with van der Waals surface area (Å²) in [4.78, 5) is 0. The largest absolute Gasteiger partial charge is 0.203 e. The van der Waals surface area contributed by atoms with Crippen LogP contribution in [0.25, 0.3) is 28.3 Å². The van der Waals surface area contributed by atoms with Crippen LogP contribution in [0.15, 0.2) is 6.58 Å². The molecule has 0 aliphatic heterocycles. The smallest absolute Gasteiger partial charge is 0.200 e. The first-order valence-corrected chi connectivity index (χ1v) is 8.15. The third-order valence-corrected chi connectivity index (χ3v) is 4.47. The van der Waals surface area contributed by atoms with Crippen molar-refractivity contribution in [2.24, 2.45) is 0 Å². The van der Waals surface area contributed by atoms with E-state index < -0.39 is 103 Å². The lowest BCUT2D eigenvalue weighted by Gasteiger charge is -2.16. The van der Waals surface area contributed by atoms with E-state index >= 15 is 0 Å². The maximum absolute atomic E-state index is 14.5. The Kier molecular flexibility index (Phi) is 5.94. The summed E-state index contributed by atoms with van der Waals surface area (Å²) in [5.74, 6) is -35.2. The molecule has 0 heterocycles. The molecule has 0 amide bonds. The second-order valence-corrected chi connectivity index (χ2v) is 6.20. The zero-order valence-electron chi connectivity index (χ0n) is 15.2. The minimum Gasteiger partial charge on any atom is -0.203 e. The number of rotatable bonds is 3. The van der Waals surface area contributed by atoms with E-state index in [0.29, 0.717) is 0 Å². The van der Waals surface area contributed by atoms with Gasteiger partial charge in [-0.3, -0.25) is 0 Å². The van der Waals surface area contributed by atoms with E-state index in [1.807, 2.05) is 0 Å². The number of hydrogen-bond donors (Lipinski definition) is 0. The third-order valence-electron chi connectivity index (χ3n) is 4.47. The fourth-order valence-electron chi connectivity index (χ4n) is 2.94. The summed E-state index contributed by atoms with van der Waals surface area (Å²) in [6.07, 6.45) is 0.265. The second-order valence-electron chi connectivity index (χ2n) is 6.20. The van der Waals surface area contributed by atoms with Crippen molar-refractivity contribution in [3.8, 4) is 22.3 Å². The van der Waals surface area contributed by atoms with Crippen LogP contribution in [-0.4, -0.2) is 0 Å². The average Bonchev–Trinajstić information content (AvgIpc) is 2.78. The van der Waals surface area contributed by atoms with Gasteiger partial charge in [-0.1, -0.05) is 12.7 Å². The third kappa shape index (κ3) is 3.25. The molecule has 3 aromatic carbocycles. The number of benzene rings is 3.